The number of fused-ring (bicyclic) bond motifs is 1. The number of carbonyl (C=O) groups excluding carboxylic acids is 1. The van der Waals surface area contributed by atoms with Crippen molar-refractivity contribution in [3.8, 4) is 11.5 Å². The predicted molar refractivity (Wildman–Crippen MR) is 130 cm³/mol. The molecular weight excluding hydrogens is 430 g/mol. The Bertz CT molecular complexity index is 1280. The molecular formula is C27H27N3O4. The molecule has 34 heavy (non-hydrogen) atoms. The molecule has 1 aliphatic heterocycles. The van der Waals surface area contributed by atoms with Crippen LogP contribution in [-0.4, -0.2) is 30.1 Å². The lowest BCUT2D eigenvalue weighted by molar-refractivity contribution is -0.119. The van der Waals surface area contributed by atoms with Gasteiger partial charge in [0.15, 0.2) is 5.58 Å². The zero-order chi connectivity index (χ0) is 23.5. The molecule has 1 saturated heterocycles. The second kappa shape index (κ2) is 9.47. The summed E-state index contributed by atoms with van der Waals surface area (Å²) >= 11 is 0. The lowest BCUT2D eigenvalue weighted by Gasteiger charge is -2.37. The van der Waals surface area contributed by atoms with E-state index in [4.69, 9.17) is 13.9 Å². The molecule has 174 valence electrons. The Hall–Kier alpha value is -4.00. The number of benzene rings is 3. The maximum atomic E-state index is 11.3. The molecule has 1 atom stereocenters. The van der Waals surface area contributed by atoms with Crippen molar-refractivity contribution in [1.29, 1.82) is 0 Å². The molecule has 1 fully saturated rings. The van der Waals surface area contributed by atoms with Crippen LogP contribution in [0.1, 0.15) is 31.0 Å². The maximum Gasteiger partial charge on any atom is 0.298 e. The molecule has 7 nitrogen and oxygen atoms in total. The number of anilines is 1. The van der Waals surface area contributed by atoms with Crippen LogP contribution in [0.3, 0.4) is 0 Å². The predicted octanol–water partition coefficient (Wildman–Crippen LogP) is 4.87. The summed E-state index contributed by atoms with van der Waals surface area (Å²) < 4.78 is 18.0. The minimum atomic E-state index is -0.0929. The van der Waals surface area contributed by atoms with Gasteiger partial charge in [-0.25, -0.2) is 0 Å². The topological polar surface area (TPSA) is 76.8 Å². The average Bonchev–Trinajstić information content (AvgIpc) is 3.23. The lowest BCUT2D eigenvalue weighted by Crippen LogP contribution is -2.54. The highest BCUT2D eigenvalue weighted by Gasteiger charge is 2.32. The van der Waals surface area contributed by atoms with Crippen LogP contribution in [0, 0.1) is 0 Å². The monoisotopic (exact) mass is 457 g/mol. The van der Waals surface area contributed by atoms with Crippen molar-refractivity contribution in [3.63, 3.8) is 0 Å². The van der Waals surface area contributed by atoms with Crippen LogP contribution in [0.2, 0.25) is 0 Å². The number of oxazole rings is 1. The van der Waals surface area contributed by atoms with Crippen LogP contribution in [0.15, 0.2) is 77.2 Å². The van der Waals surface area contributed by atoms with Gasteiger partial charge in [-0.15, -0.1) is 0 Å². The summed E-state index contributed by atoms with van der Waals surface area (Å²) in [5, 5.41) is 2.89. The Morgan fingerprint density at radius 2 is 1.88 bits per heavy atom. The van der Waals surface area contributed by atoms with E-state index in [9.17, 15) is 4.79 Å². The number of hydrogen-bond donors (Lipinski definition) is 1. The molecule has 2 heterocycles. The van der Waals surface area contributed by atoms with E-state index in [1.54, 1.807) is 0 Å². The summed E-state index contributed by atoms with van der Waals surface area (Å²) in [5.41, 5.74) is 3.60. The average molecular weight is 458 g/mol. The number of carbonyl (C=O) groups is 1. The van der Waals surface area contributed by atoms with Gasteiger partial charge >= 0.3 is 0 Å². The van der Waals surface area contributed by atoms with Crippen LogP contribution in [0.5, 0.6) is 11.5 Å². The van der Waals surface area contributed by atoms with Crippen LogP contribution in [0.4, 0.5) is 6.01 Å². The number of nitrogens with one attached hydrogen (secondary N) is 1. The van der Waals surface area contributed by atoms with Gasteiger partial charge in [0.05, 0.1) is 19.1 Å². The highest BCUT2D eigenvalue weighted by molar-refractivity contribution is 5.77. The molecule has 1 amide bonds. The summed E-state index contributed by atoms with van der Waals surface area (Å²) in [4.78, 5) is 18.0. The zero-order valence-electron chi connectivity index (χ0n) is 19.2. The first-order chi connectivity index (χ1) is 16.5. The van der Waals surface area contributed by atoms with E-state index in [0.29, 0.717) is 31.3 Å². The second-order valence-corrected chi connectivity index (χ2v) is 8.54. The van der Waals surface area contributed by atoms with E-state index >= 15 is 0 Å². The van der Waals surface area contributed by atoms with Crippen molar-refractivity contribution >= 4 is 23.0 Å². The molecule has 1 unspecified atom stereocenters. The Balaban J connectivity index is 1.17. The smallest absolute Gasteiger partial charge is 0.298 e. The fourth-order valence-corrected chi connectivity index (χ4v) is 3.96. The molecule has 1 aromatic heterocycles. The van der Waals surface area contributed by atoms with E-state index in [-0.39, 0.29) is 18.1 Å². The van der Waals surface area contributed by atoms with Gasteiger partial charge in [-0.3, -0.25) is 4.79 Å². The van der Waals surface area contributed by atoms with Crippen molar-refractivity contribution in [3.05, 3.63) is 83.9 Å². The number of aromatic nitrogens is 1. The second-order valence-electron chi connectivity index (χ2n) is 8.54. The number of ether oxygens (including phenoxy) is 2. The van der Waals surface area contributed by atoms with E-state index < -0.39 is 0 Å². The van der Waals surface area contributed by atoms with Gasteiger partial charge in [-0.2, -0.15) is 4.98 Å². The summed E-state index contributed by atoms with van der Waals surface area (Å²) in [6, 6.07) is 24.1. The van der Waals surface area contributed by atoms with E-state index in [1.807, 2.05) is 79.7 Å². The molecule has 1 aliphatic rings. The van der Waals surface area contributed by atoms with Gasteiger partial charge in [-0.1, -0.05) is 42.5 Å². The zero-order valence-corrected chi connectivity index (χ0v) is 19.2. The summed E-state index contributed by atoms with van der Waals surface area (Å²) in [5.74, 6) is 1.50. The van der Waals surface area contributed by atoms with Gasteiger partial charge in [0.1, 0.15) is 29.7 Å². The molecule has 5 rings (SSSR count). The Labute approximate surface area is 198 Å². The first-order valence-corrected chi connectivity index (χ1v) is 11.4. The third-order valence-electron chi connectivity index (χ3n) is 5.80. The van der Waals surface area contributed by atoms with Gasteiger partial charge in [0.2, 0.25) is 5.91 Å². The molecule has 0 bridgehead atoms. The molecule has 0 saturated carbocycles. The van der Waals surface area contributed by atoms with Gasteiger partial charge in [-0.05, 0) is 42.3 Å². The standard InChI is InChI=1S/C27H27N3O4/c1-18(28-19(2)31)21-11-12-25-26(13-21)34-27(29-25)30-15-24(16-30)33-23-10-6-9-22(14-23)32-17-20-7-4-3-5-8-20/h3-14,18,24H,15-17H2,1-2H3,(H,28,31). The van der Waals surface area contributed by atoms with Crippen LogP contribution < -0.4 is 19.7 Å². The van der Waals surface area contributed by atoms with Crippen LogP contribution in [-0.2, 0) is 11.4 Å². The summed E-state index contributed by atoms with van der Waals surface area (Å²) in [6.07, 6.45) is 0.0507. The lowest BCUT2D eigenvalue weighted by atomic mass is 10.1. The fraction of sp³-hybridized carbons (Fsp3) is 0.259. The molecule has 0 radical (unpaired) electrons. The minimum Gasteiger partial charge on any atom is -0.489 e. The number of amides is 1. The van der Waals surface area contributed by atoms with E-state index in [0.717, 1.165) is 28.1 Å². The van der Waals surface area contributed by atoms with Crippen molar-refractivity contribution in [2.24, 2.45) is 0 Å². The quantitative estimate of drug-likeness (QED) is 0.407. The molecule has 4 aromatic rings. The largest absolute Gasteiger partial charge is 0.489 e. The number of nitrogens with zero attached hydrogens (tertiary/aromatic N) is 2. The SMILES string of the molecule is CC(=O)NC(C)c1ccc2nc(N3CC(Oc4cccc(OCc5ccccc5)c4)C3)oc2c1. The number of rotatable bonds is 8. The van der Waals surface area contributed by atoms with Crippen molar-refractivity contribution in [2.45, 2.75) is 32.6 Å². The van der Waals surface area contributed by atoms with Gasteiger partial charge in [0.25, 0.3) is 6.01 Å². The highest BCUT2D eigenvalue weighted by Crippen LogP contribution is 2.30. The van der Waals surface area contributed by atoms with Crippen LogP contribution in [0.25, 0.3) is 11.1 Å². The van der Waals surface area contributed by atoms with Crippen molar-refractivity contribution < 1.29 is 18.7 Å². The normalized spacial score (nSPS) is 14.5. The van der Waals surface area contributed by atoms with E-state index in [1.165, 1.54) is 6.92 Å². The first kappa shape index (κ1) is 21.8. The highest BCUT2D eigenvalue weighted by atomic mass is 16.5. The molecule has 1 N–H and O–H groups in total. The Kier molecular flexibility index (Phi) is 6.08. The minimum absolute atomic E-state index is 0.0507. The number of hydrogen-bond acceptors (Lipinski definition) is 6. The fourth-order valence-electron chi connectivity index (χ4n) is 3.96. The third-order valence-corrected chi connectivity index (χ3v) is 5.80. The maximum absolute atomic E-state index is 11.3. The molecule has 3 aromatic carbocycles. The summed E-state index contributed by atoms with van der Waals surface area (Å²) in [7, 11) is 0. The van der Waals surface area contributed by atoms with E-state index in [2.05, 4.69) is 15.2 Å². The van der Waals surface area contributed by atoms with Gasteiger partial charge < -0.3 is 24.1 Å². The van der Waals surface area contributed by atoms with Crippen molar-refractivity contribution in [2.75, 3.05) is 18.0 Å². The third kappa shape index (κ3) is 4.98. The molecule has 0 spiro atoms. The molecule has 0 aliphatic carbocycles. The van der Waals surface area contributed by atoms with Gasteiger partial charge in [0, 0.05) is 13.0 Å². The van der Waals surface area contributed by atoms with Crippen molar-refractivity contribution in [1.82, 2.24) is 10.3 Å². The van der Waals surface area contributed by atoms with Crippen LogP contribution >= 0.6 is 0 Å². The first-order valence-electron chi connectivity index (χ1n) is 11.4. The molecule has 7 heteroatoms. The Morgan fingerprint density at radius 3 is 2.68 bits per heavy atom. The summed E-state index contributed by atoms with van der Waals surface area (Å²) in [6.45, 7) is 5.36. The Morgan fingerprint density at radius 1 is 1.09 bits per heavy atom.